The average Bonchev–Trinajstić information content (AvgIpc) is 2.49. The van der Waals surface area contributed by atoms with Gasteiger partial charge in [-0.3, -0.25) is 9.52 Å². The van der Waals surface area contributed by atoms with Crippen molar-refractivity contribution >= 4 is 27.3 Å². The van der Waals surface area contributed by atoms with Crippen LogP contribution in [0, 0.1) is 6.92 Å². The third kappa shape index (κ3) is 5.12. The largest absolute Gasteiger partial charge is 0.573 e. The average molecular weight is 388 g/mol. The van der Waals surface area contributed by atoms with Crippen LogP contribution in [0.2, 0.25) is 0 Å². The molecular weight excluding hydrogens is 373 g/mol. The first-order chi connectivity index (χ1) is 12.0. The predicted molar refractivity (Wildman–Crippen MR) is 89.4 cm³/mol. The van der Waals surface area contributed by atoms with Gasteiger partial charge in [0.25, 0.3) is 10.0 Å². The highest BCUT2D eigenvalue weighted by Crippen LogP contribution is 2.28. The lowest BCUT2D eigenvalue weighted by Gasteiger charge is -2.15. The zero-order valence-corrected chi connectivity index (χ0v) is 14.5. The summed E-state index contributed by atoms with van der Waals surface area (Å²) in [5.74, 6) is -0.978. The second-order valence-corrected chi connectivity index (χ2v) is 6.97. The van der Waals surface area contributed by atoms with Crippen molar-refractivity contribution in [3.05, 3.63) is 48.0 Å². The van der Waals surface area contributed by atoms with E-state index < -0.39 is 27.0 Å². The molecule has 0 aliphatic carbocycles. The Bertz CT molecular complexity index is 927. The molecule has 0 spiro atoms. The van der Waals surface area contributed by atoms with E-state index in [4.69, 9.17) is 0 Å². The molecule has 6 nitrogen and oxygen atoms in total. The minimum atomic E-state index is -4.93. The van der Waals surface area contributed by atoms with Crippen molar-refractivity contribution in [1.29, 1.82) is 0 Å². The first kappa shape index (κ1) is 19.6. The summed E-state index contributed by atoms with van der Waals surface area (Å²) >= 11 is 0. The Morgan fingerprint density at radius 3 is 2.31 bits per heavy atom. The molecule has 2 aromatic rings. The van der Waals surface area contributed by atoms with E-state index in [9.17, 15) is 26.4 Å². The Morgan fingerprint density at radius 2 is 1.69 bits per heavy atom. The molecule has 1 amide bonds. The number of rotatable bonds is 5. The molecule has 0 aliphatic heterocycles. The van der Waals surface area contributed by atoms with E-state index in [0.717, 1.165) is 24.3 Å². The maximum Gasteiger partial charge on any atom is 0.573 e. The molecule has 0 bridgehead atoms. The summed E-state index contributed by atoms with van der Waals surface area (Å²) in [6.45, 7) is 2.90. The Morgan fingerprint density at radius 1 is 1.08 bits per heavy atom. The highest BCUT2D eigenvalue weighted by molar-refractivity contribution is 7.92. The van der Waals surface area contributed by atoms with Gasteiger partial charge in [0, 0.05) is 18.7 Å². The number of benzene rings is 2. The molecule has 0 saturated heterocycles. The molecule has 0 radical (unpaired) electrons. The zero-order valence-electron chi connectivity index (χ0n) is 13.7. The van der Waals surface area contributed by atoms with Crippen LogP contribution < -0.4 is 14.8 Å². The maximum absolute atomic E-state index is 12.5. The second kappa shape index (κ2) is 7.24. The molecular formula is C16H15F3N2O4S. The molecule has 26 heavy (non-hydrogen) atoms. The summed E-state index contributed by atoms with van der Waals surface area (Å²) in [4.78, 5) is 10.8. The fourth-order valence-corrected chi connectivity index (χ4v) is 3.27. The highest BCUT2D eigenvalue weighted by atomic mass is 32.2. The van der Waals surface area contributed by atoms with Crippen molar-refractivity contribution in [1.82, 2.24) is 0 Å². The number of amides is 1. The van der Waals surface area contributed by atoms with Crippen molar-refractivity contribution in [3.63, 3.8) is 0 Å². The van der Waals surface area contributed by atoms with Crippen molar-refractivity contribution in [2.24, 2.45) is 0 Å². The quantitative estimate of drug-likeness (QED) is 0.819. The topological polar surface area (TPSA) is 84.5 Å². The number of ether oxygens (including phenoxy) is 1. The van der Waals surface area contributed by atoms with Gasteiger partial charge in [-0.05, 0) is 36.8 Å². The van der Waals surface area contributed by atoms with Gasteiger partial charge in [-0.25, -0.2) is 8.42 Å². The number of hydrogen-bond donors (Lipinski definition) is 2. The summed E-state index contributed by atoms with van der Waals surface area (Å²) in [5, 5.41) is 2.56. The van der Waals surface area contributed by atoms with Crippen molar-refractivity contribution in [2.75, 3.05) is 10.0 Å². The summed E-state index contributed by atoms with van der Waals surface area (Å²) < 4.78 is 67.9. The van der Waals surface area contributed by atoms with Crippen molar-refractivity contribution in [2.45, 2.75) is 25.1 Å². The molecule has 0 aliphatic rings. The molecule has 2 N–H and O–H groups in total. The van der Waals surface area contributed by atoms with Gasteiger partial charge >= 0.3 is 6.36 Å². The molecule has 2 aromatic carbocycles. The standard InChI is InChI=1S/C16H15F3N2O4S/c1-10-14(20-11(2)22)7-4-8-15(10)21-26(23,24)13-6-3-5-12(9-13)25-16(17,18)19/h3-9,21H,1-2H3,(H,20,22). The van der Waals surface area contributed by atoms with Gasteiger partial charge in [0.1, 0.15) is 5.75 Å². The van der Waals surface area contributed by atoms with Gasteiger partial charge in [0.05, 0.1) is 10.6 Å². The zero-order chi connectivity index (χ0) is 19.5. The van der Waals surface area contributed by atoms with E-state index >= 15 is 0 Å². The predicted octanol–water partition coefficient (Wildman–Crippen LogP) is 3.65. The Balaban J connectivity index is 2.32. The summed E-state index contributed by atoms with van der Waals surface area (Å²) in [7, 11) is -4.17. The van der Waals surface area contributed by atoms with Gasteiger partial charge in [0.2, 0.25) is 5.91 Å². The lowest BCUT2D eigenvalue weighted by atomic mass is 10.1. The van der Waals surface area contributed by atoms with E-state index in [1.54, 1.807) is 13.0 Å². The van der Waals surface area contributed by atoms with Gasteiger partial charge in [0.15, 0.2) is 0 Å². The fraction of sp³-hybridized carbons (Fsp3) is 0.188. The summed E-state index contributed by atoms with van der Waals surface area (Å²) in [6, 6.07) is 8.62. The molecule has 0 atom stereocenters. The number of nitrogens with one attached hydrogen (secondary N) is 2. The van der Waals surface area contributed by atoms with Crippen molar-refractivity contribution < 1.29 is 31.1 Å². The number of anilines is 2. The lowest BCUT2D eigenvalue weighted by Crippen LogP contribution is -2.18. The number of sulfonamides is 1. The second-order valence-electron chi connectivity index (χ2n) is 5.29. The van der Waals surface area contributed by atoms with Crippen LogP contribution in [0.4, 0.5) is 24.5 Å². The minimum Gasteiger partial charge on any atom is -0.406 e. The normalized spacial score (nSPS) is 11.7. The Hall–Kier alpha value is -2.75. The van der Waals surface area contributed by atoms with E-state index in [1.807, 2.05) is 0 Å². The van der Waals surface area contributed by atoms with E-state index in [-0.39, 0.29) is 11.6 Å². The van der Waals surface area contributed by atoms with Crippen LogP contribution in [0.3, 0.4) is 0 Å². The number of carbonyl (C=O) groups excluding carboxylic acids is 1. The van der Waals surface area contributed by atoms with Crippen LogP contribution in [0.25, 0.3) is 0 Å². The molecule has 0 unspecified atom stereocenters. The SMILES string of the molecule is CC(=O)Nc1cccc(NS(=O)(=O)c2cccc(OC(F)(F)F)c2)c1C. The van der Waals surface area contributed by atoms with Crippen LogP contribution in [-0.2, 0) is 14.8 Å². The molecule has 0 saturated carbocycles. The Labute approximate surface area is 148 Å². The number of halogens is 3. The highest BCUT2D eigenvalue weighted by Gasteiger charge is 2.31. The Kier molecular flexibility index (Phi) is 5.45. The van der Waals surface area contributed by atoms with E-state index in [2.05, 4.69) is 14.8 Å². The monoisotopic (exact) mass is 388 g/mol. The third-order valence-corrected chi connectivity index (χ3v) is 4.60. The maximum atomic E-state index is 12.5. The summed E-state index contributed by atoms with van der Waals surface area (Å²) in [5.41, 5.74) is 1.04. The molecule has 10 heteroatoms. The van der Waals surface area contributed by atoms with E-state index in [1.165, 1.54) is 19.1 Å². The number of hydrogen-bond acceptors (Lipinski definition) is 4. The molecule has 140 valence electrons. The lowest BCUT2D eigenvalue weighted by molar-refractivity contribution is -0.274. The van der Waals surface area contributed by atoms with Crippen LogP contribution >= 0.6 is 0 Å². The van der Waals surface area contributed by atoms with E-state index in [0.29, 0.717) is 11.3 Å². The third-order valence-electron chi connectivity index (χ3n) is 3.24. The smallest absolute Gasteiger partial charge is 0.406 e. The molecule has 0 aromatic heterocycles. The van der Waals surface area contributed by atoms with Gasteiger partial charge in [-0.2, -0.15) is 0 Å². The fourth-order valence-electron chi connectivity index (χ4n) is 2.11. The van der Waals surface area contributed by atoms with Gasteiger partial charge in [-0.15, -0.1) is 13.2 Å². The van der Waals surface area contributed by atoms with Crippen LogP contribution in [0.15, 0.2) is 47.4 Å². The van der Waals surface area contributed by atoms with Crippen LogP contribution in [-0.4, -0.2) is 20.7 Å². The van der Waals surface area contributed by atoms with Crippen LogP contribution in [0.5, 0.6) is 5.75 Å². The minimum absolute atomic E-state index is 0.179. The van der Waals surface area contributed by atoms with Gasteiger partial charge in [-0.1, -0.05) is 12.1 Å². The number of alkyl halides is 3. The van der Waals surface area contributed by atoms with Crippen LogP contribution in [0.1, 0.15) is 12.5 Å². The first-order valence-corrected chi connectivity index (χ1v) is 8.72. The molecule has 2 rings (SSSR count). The first-order valence-electron chi connectivity index (χ1n) is 7.24. The number of carbonyl (C=O) groups is 1. The van der Waals surface area contributed by atoms with Gasteiger partial charge < -0.3 is 10.1 Å². The molecule has 0 heterocycles. The summed E-state index contributed by atoms with van der Waals surface area (Å²) in [6.07, 6.45) is -4.93. The van der Waals surface area contributed by atoms with Crippen molar-refractivity contribution in [3.8, 4) is 5.75 Å². The molecule has 0 fully saturated rings.